The average Bonchev–Trinajstić information content (AvgIpc) is 3.24. The average molecular weight is 324 g/mol. The van der Waals surface area contributed by atoms with Crippen LogP contribution in [0.5, 0.6) is 0 Å². The molecule has 0 bridgehead atoms. The van der Waals surface area contributed by atoms with Gasteiger partial charge in [0.25, 0.3) is 5.91 Å². The van der Waals surface area contributed by atoms with Crippen molar-refractivity contribution < 1.29 is 14.0 Å². The smallest absolute Gasteiger partial charge is 0.255 e. The van der Waals surface area contributed by atoms with Crippen molar-refractivity contribution in [3.63, 3.8) is 0 Å². The lowest BCUT2D eigenvalue weighted by atomic mass is 9.98. The Hall–Kier alpha value is -2.69. The fourth-order valence-corrected chi connectivity index (χ4v) is 3.74. The summed E-state index contributed by atoms with van der Waals surface area (Å²) < 4.78 is 13.2. The first kappa shape index (κ1) is 14.9. The van der Waals surface area contributed by atoms with E-state index in [4.69, 9.17) is 5.73 Å². The number of primary amides is 1. The van der Waals surface area contributed by atoms with Crippen LogP contribution in [-0.4, -0.2) is 29.3 Å². The van der Waals surface area contributed by atoms with Crippen LogP contribution in [0.3, 0.4) is 0 Å². The minimum Gasteiger partial charge on any atom is -0.368 e. The summed E-state index contributed by atoms with van der Waals surface area (Å²) in [5.41, 5.74) is 7.52. The van der Waals surface area contributed by atoms with Crippen molar-refractivity contribution in [2.75, 3.05) is 6.54 Å². The first-order chi connectivity index (χ1) is 11.6. The van der Waals surface area contributed by atoms with Gasteiger partial charge < -0.3 is 10.6 Å². The molecule has 2 N–H and O–H groups in total. The SMILES string of the molecule is NC(=O)[C@@H]1[C@@H]2C[C@@H]2CN1C(=O)c1ccccc1-c1ccc(F)cc1. The number of hydrogen-bond acceptors (Lipinski definition) is 2. The topological polar surface area (TPSA) is 63.4 Å². The Morgan fingerprint density at radius 1 is 1.08 bits per heavy atom. The summed E-state index contributed by atoms with van der Waals surface area (Å²) in [4.78, 5) is 26.4. The highest BCUT2D eigenvalue weighted by Gasteiger charge is 2.56. The van der Waals surface area contributed by atoms with Gasteiger partial charge in [-0.15, -0.1) is 0 Å². The van der Waals surface area contributed by atoms with Gasteiger partial charge in [-0.05, 0) is 47.6 Å². The molecule has 0 unspecified atom stereocenters. The molecule has 4 rings (SSSR count). The number of carbonyl (C=O) groups excluding carboxylic acids is 2. The van der Waals surface area contributed by atoms with Crippen molar-refractivity contribution in [3.05, 3.63) is 59.9 Å². The molecule has 5 heteroatoms. The largest absolute Gasteiger partial charge is 0.368 e. The van der Waals surface area contributed by atoms with Crippen molar-refractivity contribution in [1.82, 2.24) is 4.90 Å². The normalized spacial score (nSPS) is 24.5. The van der Waals surface area contributed by atoms with E-state index in [0.717, 1.165) is 17.5 Å². The molecule has 1 heterocycles. The number of amides is 2. The van der Waals surface area contributed by atoms with Gasteiger partial charge >= 0.3 is 0 Å². The molecule has 122 valence electrons. The zero-order valence-corrected chi connectivity index (χ0v) is 13.0. The van der Waals surface area contributed by atoms with Crippen LogP contribution in [0.2, 0.25) is 0 Å². The molecule has 1 saturated carbocycles. The van der Waals surface area contributed by atoms with Crippen molar-refractivity contribution >= 4 is 11.8 Å². The highest BCUT2D eigenvalue weighted by Crippen LogP contribution is 2.50. The van der Waals surface area contributed by atoms with E-state index >= 15 is 0 Å². The molecule has 1 aliphatic carbocycles. The van der Waals surface area contributed by atoms with E-state index in [2.05, 4.69) is 0 Å². The third kappa shape index (κ3) is 2.37. The number of likely N-dealkylation sites (tertiary alicyclic amines) is 1. The standard InChI is InChI=1S/C19H17FN2O2/c20-13-7-5-11(6-8-13)14-3-1-2-4-15(14)19(24)22-10-12-9-16(12)17(22)18(21)23/h1-8,12,16-17H,9-10H2,(H2,21,23)/t12-,16-,17+/m1/s1. The minimum absolute atomic E-state index is 0.189. The predicted molar refractivity (Wildman–Crippen MR) is 87.5 cm³/mol. The van der Waals surface area contributed by atoms with Crippen LogP contribution in [0.4, 0.5) is 4.39 Å². The number of piperidine rings is 1. The summed E-state index contributed by atoms with van der Waals surface area (Å²) in [6, 6.07) is 12.7. The molecule has 2 aromatic rings. The monoisotopic (exact) mass is 324 g/mol. The zero-order valence-electron chi connectivity index (χ0n) is 13.0. The van der Waals surface area contributed by atoms with E-state index in [1.54, 1.807) is 29.2 Å². The molecule has 1 aliphatic heterocycles. The van der Waals surface area contributed by atoms with Crippen LogP contribution < -0.4 is 5.73 Å². The molecule has 2 aliphatic rings. The van der Waals surface area contributed by atoms with E-state index in [9.17, 15) is 14.0 Å². The molecule has 24 heavy (non-hydrogen) atoms. The third-order valence-corrected chi connectivity index (χ3v) is 5.01. The predicted octanol–water partition coefficient (Wildman–Crippen LogP) is 2.44. The lowest BCUT2D eigenvalue weighted by Gasteiger charge is -2.26. The number of nitrogens with two attached hydrogens (primary N) is 1. The summed E-state index contributed by atoms with van der Waals surface area (Å²) in [5, 5.41) is 0. The Morgan fingerprint density at radius 2 is 1.79 bits per heavy atom. The number of rotatable bonds is 3. The van der Waals surface area contributed by atoms with E-state index in [-0.39, 0.29) is 17.6 Å². The van der Waals surface area contributed by atoms with Gasteiger partial charge in [0, 0.05) is 12.1 Å². The molecule has 2 amide bonds. The summed E-state index contributed by atoms with van der Waals surface area (Å²) in [5.74, 6) is -0.344. The van der Waals surface area contributed by atoms with E-state index in [0.29, 0.717) is 18.0 Å². The van der Waals surface area contributed by atoms with Crippen molar-refractivity contribution in [2.45, 2.75) is 12.5 Å². The fraction of sp³-hybridized carbons (Fsp3) is 0.263. The Bertz CT molecular complexity index is 818. The van der Waals surface area contributed by atoms with Crippen molar-refractivity contribution in [2.24, 2.45) is 17.6 Å². The second-order valence-electron chi connectivity index (χ2n) is 6.52. The molecular formula is C19H17FN2O2. The molecular weight excluding hydrogens is 307 g/mol. The van der Waals surface area contributed by atoms with Gasteiger partial charge in [0.2, 0.25) is 5.91 Å². The molecule has 2 fully saturated rings. The van der Waals surface area contributed by atoms with Crippen LogP contribution in [0.1, 0.15) is 16.8 Å². The highest BCUT2D eigenvalue weighted by molar-refractivity contribution is 6.03. The molecule has 4 nitrogen and oxygen atoms in total. The molecule has 0 aromatic heterocycles. The second kappa shape index (κ2) is 5.44. The lowest BCUT2D eigenvalue weighted by molar-refractivity contribution is -0.122. The Morgan fingerprint density at radius 3 is 2.50 bits per heavy atom. The third-order valence-electron chi connectivity index (χ3n) is 5.01. The second-order valence-corrected chi connectivity index (χ2v) is 6.52. The van der Waals surface area contributed by atoms with E-state index in [1.165, 1.54) is 12.1 Å². The van der Waals surface area contributed by atoms with Gasteiger partial charge in [-0.3, -0.25) is 9.59 Å². The van der Waals surface area contributed by atoms with Crippen LogP contribution in [0.15, 0.2) is 48.5 Å². The van der Waals surface area contributed by atoms with E-state index in [1.807, 2.05) is 12.1 Å². The van der Waals surface area contributed by atoms with Gasteiger partial charge in [0.15, 0.2) is 0 Å². The number of carbonyl (C=O) groups is 2. The zero-order chi connectivity index (χ0) is 16.8. The minimum atomic E-state index is -0.510. The van der Waals surface area contributed by atoms with Gasteiger partial charge in [0.1, 0.15) is 11.9 Å². The number of fused-ring (bicyclic) bond motifs is 1. The number of nitrogens with zero attached hydrogens (tertiary/aromatic N) is 1. The van der Waals surface area contributed by atoms with E-state index < -0.39 is 11.9 Å². The maximum absolute atomic E-state index is 13.2. The summed E-state index contributed by atoms with van der Waals surface area (Å²) >= 11 is 0. The van der Waals surface area contributed by atoms with Crippen LogP contribution >= 0.6 is 0 Å². The van der Waals surface area contributed by atoms with Gasteiger partial charge in [-0.25, -0.2) is 4.39 Å². The quantitative estimate of drug-likeness (QED) is 0.942. The molecule has 3 atom stereocenters. The number of halogens is 1. The molecule has 2 aromatic carbocycles. The Kier molecular flexibility index (Phi) is 3.37. The van der Waals surface area contributed by atoms with Gasteiger partial charge in [-0.1, -0.05) is 30.3 Å². The van der Waals surface area contributed by atoms with Gasteiger partial charge in [0.05, 0.1) is 0 Å². The molecule has 0 spiro atoms. The van der Waals surface area contributed by atoms with Crippen LogP contribution in [0.25, 0.3) is 11.1 Å². The summed E-state index contributed by atoms with van der Waals surface area (Å²) in [6.07, 6.45) is 0.969. The summed E-state index contributed by atoms with van der Waals surface area (Å²) in [6.45, 7) is 0.578. The lowest BCUT2D eigenvalue weighted by Crippen LogP contribution is -2.46. The first-order valence-corrected chi connectivity index (χ1v) is 8.01. The fourth-order valence-electron chi connectivity index (χ4n) is 3.74. The van der Waals surface area contributed by atoms with Crippen molar-refractivity contribution in [1.29, 1.82) is 0 Å². The van der Waals surface area contributed by atoms with Crippen LogP contribution in [-0.2, 0) is 4.79 Å². The number of hydrogen-bond donors (Lipinski definition) is 1. The maximum Gasteiger partial charge on any atom is 0.255 e. The first-order valence-electron chi connectivity index (χ1n) is 8.01. The van der Waals surface area contributed by atoms with Gasteiger partial charge in [-0.2, -0.15) is 0 Å². The maximum atomic E-state index is 13.2. The van der Waals surface area contributed by atoms with Crippen LogP contribution in [0, 0.1) is 17.7 Å². The molecule has 1 saturated heterocycles. The number of benzene rings is 2. The molecule has 0 radical (unpaired) electrons. The highest BCUT2D eigenvalue weighted by atomic mass is 19.1. The van der Waals surface area contributed by atoms with Crippen molar-refractivity contribution in [3.8, 4) is 11.1 Å². The Balaban J connectivity index is 1.71. The Labute approximate surface area is 139 Å². The summed E-state index contributed by atoms with van der Waals surface area (Å²) in [7, 11) is 0.